The fourth-order valence-electron chi connectivity index (χ4n) is 3.60. The molecule has 32 heavy (non-hydrogen) atoms. The van der Waals surface area contributed by atoms with Crippen LogP contribution in [0.3, 0.4) is 0 Å². The van der Waals surface area contributed by atoms with Crippen molar-refractivity contribution in [2.75, 3.05) is 0 Å². The highest BCUT2D eigenvalue weighted by Crippen LogP contribution is 2.33. The number of rotatable bonds is 7. The lowest BCUT2D eigenvalue weighted by Crippen LogP contribution is -2.22. The van der Waals surface area contributed by atoms with E-state index in [-0.39, 0.29) is 5.92 Å². The molecule has 0 aliphatic carbocycles. The maximum atomic E-state index is 13.1. The van der Waals surface area contributed by atoms with Crippen LogP contribution in [0, 0.1) is 17.2 Å². The van der Waals surface area contributed by atoms with Crippen LogP contribution in [0.15, 0.2) is 89.3 Å². The average molecular weight is 425 g/mol. The first-order valence-electron chi connectivity index (χ1n) is 10.5. The number of carbonyl (C=O) groups is 1. The number of fused-ring (bicyclic) bond motifs is 1. The highest BCUT2D eigenvalue weighted by molar-refractivity contribution is 5.83. The number of para-hydroxylation sites is 2. The van der Waals surface area contributed by atoms with Crippen LogP contribution in [0.5, 0.6) is 11.5 Å². The predicted molar refractivity (Wildman–Crippen MR) is 121 cm³/mol. The summed E-state index contributed by atoms with van der Waals surface area (Å²) in [7, 11) is 0. The highest BCUT2D eigenvalue weighted by Gasteiger charge is 2.31. The molecule has 0 aliphatic heterocycles. The standard InChI is InChI=1S/C27H23NO4/c1-18(2)26(24-16-20-9-6-7-14-23(20)31-24)27(29)32-25(17-28)19-10-8-13-22(15-19)30-21-11-4-3-5-12-21/h3-16,18,25-26H,1-2H3. The van der Waals surface area contributed by atoms with Gasteiger partial charge in [0, 0.05) is 10.9 Å². The van der Waals surface area contributed by atoms with Crippen LogP contribution in [-0.4, -0.2) is 5.97 Å². The number of carbonyl (C=O) groups excluding carboxylic acids is 1. The van der Waals surface area contributed by atoms with Crippen molar-refractivity contribution in [1.82, 2.24) is 0 Å². The van der Waals surface area contributed by atoms with E-state index in [2.05, 4.69) is 6.07 Å². The minimum absolute atomic E-state index is 0.0739. The molecule has 0 amide bonds. The SMILES string of the molecule is CC(C)C(C(=O)OC(C#N)c1cccc(Oc2ccccc2)c1)c1cc2ccccc2o1. The van der Waals surface area contributed by atoms with Crippen LogP contribution < -0.4 is 4.74 Å². The summed E-state index contributed by atoms with van der Waals surface area (Å²) >= 11 is 0. The molecule has 160 valence electrons. The zero-order valence-corrected chi connectivity index (χ0v) is 17.9. The summed E-state index contributed by atoms with van der Waals surface area (Å²) in [5, 5.41) is 10.6. The third kappa shape index (κ3) is 4.65. The molecular formula is C27H23NO4. The summed E-state index contributed by atoms with van der Waals surface area (Å²) in [5.41, 5.74) is 1.25. The molecule has 4 rings (SSSR count). The van der Waals surface area contributed by atoms with Crippen molar-refractivity contribution in [3.63, 3.8) is 0 Å². The Labute approximate surface area is 186 Å². The lowest BCUT2D eigenvalue weighted by atomic mass is 9.93. The Hall–Kier alpha value is -4.04. The molecule has 2 unspecified atom stereocenters. The highest BCUT2D eigenvalue weighted by atomic mass is 16.5. The second kappa shape index (κ2) is 9.40. The molecule has 5 nitrogen and oxygen atoms in total. The first kappa shape index (κ1) is 21.2. The quantitative estimate of drug-likeness (QED) is 0.305. The Morgan fingerprint density at radius 3 is 2.34 bits per heavy atom. The third-order valence-corrected chi connectivity index (χ3v) is 5.16. The van der Waals surface area contributed by atoms with Gasteiger partial charge in [0.25, 0.3) is 0 Å². The van der Waals surface area contributed by atoms with Gasteiger partial charge in [-0.05, 0) is 42.3 Å². The summed E-state index contributed by atoms with van der Waals surface area (Å²) in [6, 6.07) is 27.9. The number of hydrogen-bond donors (Lipinski definition) is 0. The largest absolute Gasteiger partial charge is 0.460 e. The van der Waals surface area contributed by atoms with Crippen molar-refractivity contribution in [2.45, 2.75) is 25.9 Å². The zero-order chi connectivity index (χ0) is 22.5. The van der Waals surface area contributed by atoms with Gasteiger partial charge >= 0.3 is 5.97 Å². The molecule has 1 heterocycles. The molecule has 4 aromatic rings. The van der Waals surface area contributed by atoms with Crippen molar-refractivity contribution >= 4 is 16.9 Å². The van der Waals surface area contributed by atoms with Gasteiger partial charge in [-0.25, -0.2) is 0 Å². The fourth-order valence-corrected chi connectivity index (χ4v) is 3.60. The van der Waals surface area contributed by atoms with Crippen molar-refractivity contribution < 1.29 is 18.7 Å². The van der Waals surface area contributed by atoms with Crippen molar-refractivity contribution in [3.05, 3.63) is 96.3 Å². The van der Waals surface area contributed by atoms with E-state index >= 15 is 0 Å². The molecule has 0 aliphatic rings. The summed E-state index contributed by atoms with van der Waals surface area (Å²) in [6.45, 7) is 3.85. The Balaban J connectivity index is 1.55. The van der Waals surface area contributed by atoms with E-state index in [1.165, 1.54) is 0 Å². The van der Waals surface area contributed by atoms with E-state index in [0.29, 0.717) is 28.4 Å². The van der Waals surface area contributed by atoms with Gasteiger partial charge in [-0.15, -0.1) is 0 Å². The summed E-state index contributed by atoms with van der Waals surface area (Å²) in [5.74, 6) is 0.573. The van der Waals surface area contributed by atoms with Gasteiger partial charge in [-0.3, -0.25) is 4.79 Å². The fraction of sp³-hybridized carbons (Fsp3) is 0.185. The van der Waals surface area contributed by atoms with Gasteiger partial charge in [0.2, 0.25) is 6.10 Å². The van der Waals surface area contributed by atoms with E-state index in [1.807, 2.05) is 74.5 Å². The van der Waals surface area contributed by atoms with Gasteiger partial charge in [0.1, 0.15) is 34.8 Å². The van der Waals surface area contributed by atoms with Gasteiger partial charge in [0.15, 0.2) is 0 Å². The molecule has 0 saturated carbocycles. The summed E-state index contributed by atoms with van der Waals surface area (Å²) in [4.78, 5) is 13.1. The van der Waals surface area contributed by atoms with Gasteiger partial charge in [0.05, 0.1) is 0 Å². The number of nitrogens with zero attached hydrogens (tertiary/aromatic N) is 1. The smallest absolute Gasteiger partial charge is 0.318 e. The van der Waals surface area contributed by atoms with Crippen LogP contribution >= 0.6 is 0 Å². The van der Waals surface area contributed by atoms with Gasteiger partial charge in [-0.1, -0.05) is 62.4 Å². The van der Waals surface area contributed by atoms with Gasteiger partial charge in [-0.2, -0.15) is 5.26 Å². The monoisotopic (exact) mass is 425 g/mol. The third-order valence-electron chi connectivity index (χ3n) is 5.16. The molecule has 2 atom stereocenters. The summed E-state index contributed by atoms with van der Waals surface area (Å²) in [6.07, 6.45) is -1.06. The first-order valence-corrected chi connectivity index (χ1v) is 10.5. The van der Waals surface area contributed by atoms with E-state index in [1.54, 1.807) is 24.3 Å². The minimum atomic E-state index is -1.06. The van der Waals surface area contributed by atoms with Gasteiger partial charge < -0.3 is 13.9 Å². The number of furan rings is 1. The van der Waals surface area contributed by atoms with E-state index in [9.17, 15) is 10.1 Å². The maximum absolute atomic E-state index is 13.1. The predicted octanol–water partition coefficient (Wildman–Crippen LogP) is 6.77. The minimum Gasteiger partial charge on any atom is -0.460 e. The molecule has 0 bridgehead atoms. The second-order valence-electron chi connectivity index (χ2n) is 7.84. The Morgan fingerprint density at radius 1 is 0.906 bits per heavy atom. The molecule has 0 fully saturated rings. The van der Waals surface area contributed by atoms with Crippen molar-refractivity contribution in [1.29, 1.82) is 5.26 Å². The lowest BCUT2D eigenvalue weighted by Gasteiger charge is -2.20. The number of esters is 1. The molecule has 0 radical (unpaired) electrons. The maximum Gasteiger partial charge on any atom is 0.318 e. The molecular weight excluding hydrogens is 402 g/mol. The van der Waals surface area contributed by atoms with Crippen molar-refractivity contribution in [2.24, 2.45) is 5.92 Å². The van der Waals surface area contributed by atoms with E-state index < -0.39 is 18.0 Å². The number of hydrogen-bond acceptors (Lipinski definition) is 5. The Bertz CT molecular complexity index is 1220. The lowest BCUT2D eigenvalue weighted by molar-refractivity contribution is -0.150. The number of nitriles is 1. The van der Waals surface area contributed by atoms with Crippen LogP contribution in [0.25, 0.3) is 11.0 Å². The van der Waals surface area contributed by atoms with Crippen LogP contribution in [0.4, 0.5) is 0 Å². The Morgan fingerprint density at radius 2 is 1.62 bits per heavy atom. The average Bonchev–Trinajstić information content (AvgIpc) is 3.21. The van der Waals surface area contributed by atoms with Crippen LogP contribution in [0.1, 0.15) is 37.2 Å². The zero-order valence-electron chi connectivity index (χ0n) is 17.9. The summed E-state index contributed by atoms with van der Waals surface area (Å²) < 4.78 is 17.4. The van der Waals surface area contributed by atoms with Crippen molar-refractivity contribution in [3.8, 4) is 17.6 Å². The van der Waals surface area contributed by atoms with E-state index in [4.69, 9.17) is 13.9 Å². The number of benzene rings is 3. The molecule has 0 saturated heterocycles. The molecule has 0 spiro atoms. The first-order chi connectivity index (χ1) is 15.5. The molecule has 3 aromatic carbocycles. The second-order valence-corrected chi connectivity index (χ2v) is 7.84. The normalized spacial score (nSPS) is 12.8. The number of ether oxygens (including phenoxy) is 2. The van der Waals surface area contributed by atoms with Crippen LogP contribution in [-0.2, 0) is 9.53 Å². The van der Waals surface area contributed by atoms with Crippen LogP contribution in [0.2, 0.25) is 0 Å². The molecule has 5 heteroatoms. The molecule has 0 N–H and O–H groups in total. The molecule has 1 aromatic heterocycles. The van der Waals surface area contributed by atoms with E-state index in [0.717, 1.165) is 5.39 Å². The topological polar surface area (TPSA) is 72.5 Å². The Kier molecular flexibility index (Phi) is 6.23.